The first-order valence-corrected chi connectivity index (χ1v) is 10.6. The maximum Gasteiger partial charge on any atom is 0.273 e. The van der Waals surface area contributed by atoms with E-state index in [2.05, 4.69) is 10.9 Å². The maximum absolute atomic E-state index is 12.5. The number of nitrogens with one attached hydrogen (secondary N) is 2. The van der Waals surface area contributed by atoms with Crippen LogP contribution in [-0.4, -0.2) is 42.6 Å². The molecule has 158 valence electrons. The molecule has 0 atom stereocenters. The highest BCUT2D eigenvalue weighted by molar-refractivity contribution is 7.89. The van der Waals surface area contributed by atoms with Crippen LogP contribution in [0.3, 0.4) is 0 Å². The molecular weight excluding hydrogens is 412 g/mol. The van der Waals surface area contributed by atoms with Gasteiger partial charge in [0.25, 0.3) is 17.5 Å². The average molecular weight is 432 g/mol. The van der Waals surface area contributed by atoms with Gasteiger partial charge in [-0.15, -0.1) is 0 Å². The highest BCUT2D eigenvalue weighted by Crippen LogP contribution is 2.22. The number of sulfonamides is 1. The van der Waals surface area contributed by atoms with E-state index >= 15 is 0 Å². The molecule has 0 saturated carbocycles. The van der Waals surface area contributed by atoms with Gasteiger partial charge in [0, 0.05) is 30.3 Å². The number of nitro groups is 1. The Labute approximate surface area is 173 Å². The second kappa shape index (κ2) is 8.59. The second-order valence-electron chi connectivity index (χ2n) is 6.75. The average Bonchev–Trinajstić information content (AvgIpc) is 3.27. The van der Waals surface area contributed by atoms with Crippen LogP contribution in [0.25, 0.3) is 0 Å². The Kier molecular flexibility index (Phi) is 6.13. The van der Waals surface area contributed by atoms with Gasteiger partial charge in [0.15, 0.2) is 0 Å². The van der Waals surface area contributed by atoms with Crippen LogP contribution in [0, 0.1) is 17.0 Å². The molecule has 0 radical (unpaired) electrons. The fourth-order valence-electron chi connectivity index (χ4n) is 3.18. The molecule has 3 rings (SSSR count). The third-order valence-electron chi connectivity index (χ3n) is 4.86. The summed E-state index contributed by atoms with van der Waals surface area (Å²) in [6.07, 6.45) is 1.65. The molecule has 2 aromatic carbocycles. The van der Waals surface area contributed by atoms with Crippen LogP contribution >= 0.6 is 0 Å². The Morgan fingerprint density at radius 1 is 1.00 bits per heavy atom. The van der Waals surface area contributed by atoms with Crippen LogP contribution in [0.15, 0.2) is 47.4 Å². The fraction of sp³-hybridized carbons (Fsp3) is 0.263. The number of rotatable bonds is 5. The number of benzene rings is 2. The fourth-order valence-corrected chi connectivity index (χ4v) is 4.69. The zero-order valence-corrected chi connectivity index (χ0v) is 16.9. The van der Waals surface area contributed by atoms with E-state index in [9.17, 15) is 28.1 Å². The molecule has 0 bridgehead atoms. The number of hydrogen-bond donors (Lipinski definition) is 2. The maximum atomic E-state index is 12.5. The van der Waals surface area contributed by atoms with Gasteiger partial charge in [0.1, 0.15) is 0 Å². The van der Waals surface area contributed by atoms with Crippen LogP contribution in [0.1, 0.15) is 39.1 Å². The summed E-state index contributed by atoms with van der Waals surface area (Å²) in [4.78, 5) is 35.0. The van der Waals surface area contributed by atoms with Crippen molar-refractivity contribution in [1.82, 2.24) is 15.2 Å². The van der Waals surface area contributed by atoms with Crippen molar-refractivity contribution in [1.29, 1.82) is 0 Å². The van der Waals surface area contributed by atoms with Crippen molar-refractivity contribution >= 4 is 27.5 Å². The van der Waals surface area contributed by atoms with E-state index in [0.29, 0.717) is 13.1 Å². The predicted molar refractivity (Wildman–Crippen MR) is 107 cm³/mol. The molecule has 1 heterocycles. The third-order valence-corrected chi connectivity index (χ3v) is 6.77. The highest BCUT2D eigenvalue weighted by atomic mass is 32.2. The van der Waals surface area contributed by atoms with E-state index < -0.39 is 26.8 Å². The lowest BCUT2D eigenvalue weighted by molar-refractivity contribution is -0.385. The lowest BCUT2D eigenvalue weighted by Gasteiger charge is -2.15. The zero-order valence-electron chi connectivity index (χ0n) is 16.1. The van der Waals surface area contributed by atoms with Crippen LogP contribution < -0.4 is 10.9 Å². The first-order valence-electron chi connectivity index (χ1n) is 9.16. The highest BCUT2D eigenvalue weighted by Gasteiger charge is 2.27. The Bertz CT molecular complexity index is 1090. The minimum atomic E-state index is -3.58. The minimum absolute atomic E-state index is 0.0524. The van der Waals surface area contributed by atoms with Crippen LogP contribution in [0.4, 0.5) is 5.69 Å². The monoisotopic (exact) mass is 432 g/mol. The van der Waals surface area contributed by atoms with Crippen LogP contribution in [-0.2, 0) is 10.0 Å². The molecule has 10 nitrogen and oxygen atoms in total. The Balaban J connectivity index is 1.66. The number of carbonyl (C=O) groups excluding carboxylic acids is 2. The number of hydrogen-bond acceptors (Lipinski definition) is 6. The molecular formula is C19H20N4O6S. The van der Waals surface area contributed by atoms with Crippen molar-refractivity contribution in [2.75, 3.05) is 13.1 Å². The summed E-state index contributed by atoms with van der Waals surface area (Å²) < 4.78 is 26.4. The summed E-state index contributed by atoms with van der Waals surface area (Å²) in [6.45, 7) is 2.40. The molecule has 30 heavy (non-hydrogen) atoms. The minimum Gasteiger partial charge on any atom is -0.267 e. The third kappa shape index (κ3) is 4.31. The SMILES string of the molecule is Cc1c(C(=O)NNC(=O)c2ccc(S(=O)(=O)N3CCCC3)cc2)cccc1[N+](=O)[O-]. The van der Waals surface area contributed by atoms with E-state index in [-0.39, 0.29) is 27.3 Å². The molecule has 0 spiro atoms. The topological polar surface area (TPSA) is 139 Å². The van der Waals surface area contributed by atoms with Gasteiger partial charge in [-0.2, -0.15) is 4.31 Å². The van der Waals surface area contributed by atoms with E-state index in [1.165, 1.54) is 53.7 Å². The van der Waals surface area contributed by atoms with Gasteiger partial charge in [-0.1, -0.05) is 6.07 Å². The summed E-state index contributed by atoms with van der Waals surface area (Å²) in [7, 11) is -3.58. The van der Waals surface area contributed by atoms with E-state index in [4.69, 9.17) is 0 Å². The number of carbonyl (C=O) groups is 2. The molecule has 2 N–H and O–H groups in total. The number of amides is 2. The van der Waals surface area contributed by atoms with E-state index in [0.717, 1.165) is 12.8 Å². The molecule has 2 amide bonds. The zero-order chi connectivity index (χ0) is 21.9. The Morgan fingerprint density at radius 3 is 2.20 bits per heavy atom. The van der Waals surface area contributed by atoms with E-state index in [1.807, 2.05) is 0 Å². The van der Waals surface area contributed by atoms with Gasteiger partial charge in [0.05, 0.1) is 15.4 Å². The number of nitro benzene ring substituents is 1. The second-order valence-corrected chi connectivity index (χ2v) is 8.69. The largest absolute Gasteiger partial charge is 0.273 e. The smallest absolute Gasteiger partial charge is 0.267 e. The van der Waals surface area contributed by atoms with Crippen molar-refractivity contribution in [3.8, 4) is 0 Å². The Hall–Kier alpha value is -3.31. The van der Waals surface area contributed by atoms with Crippen molar-refractivity contribution in [2.24, 2.45) is 0 Å². The number of hydrazine groups is 1. The summed E-state index contributed by atoms with van der Waals surface area (Å²) in [5.41, 5.74) is 4.59. The van der Waals surface area contributed by atoms with Gasteiger partial charge < -0.3 is 0 Å². The normalized spacial score (nSPS) is 14.3. The molecule has 0 aromatic heterocycles. The Morgan fingerprint density at radius 2 is 1.60 bits per heavy atom. The van der Waals surface area contributed by atoms with Crippen molar-refractivity contribution in [3.05, 3.63) is 69.3 Å². The molecule has 0 aliphatic carbocycles. The van der Waals surface area contributed by atoms with E-state index in [1.54, 1.807) is 0 Å². The lowest BCUT2D eigenvalue weighted by atomic mass is 10.1. The summed E-state index contributed by atoms with van der Waals surface area (Å²) in [6, 6.07) is 9.45. The van der Waals surface area contributed by atoms with Gasteiger partial charge >= 0.3 is 0 Å². The molecule has 0 unspecified atom stereocenters. The van der Waals surface area contributed by atoms with Crippen molar-refractivity contribution < 1.29 is 22.9 Å². The van der Waals surface area contributed by atoms with Gasteiger partial charge in [-0.25, -0.2) is 8.42 Å². The van der Waals surface area contributed by atoms with Crippen LogP contribution in [0.5, 0.6) is 0 Å². The predicted octanol–water partition coefficient (Wildman–Crippen LogP) is 1.76. The first-order chi connectivity index (χ1) is 14.2. The molecule has 11 heteroatoms. The summed E-state index contributed by atoms with van der Waals surface area (Å²) >= 11 is 0. The molecule has 2 aromatic rings. The van der Waals surface area contributed by atoms with Crippen LogP contribution in [0.2, 0.25) is 0 Å². The summed E-state index contributed by atoms with van der Waals surface area (Å²) in [5.74, 6) is -1.37. The number of nitrogens with zero attached hydrogens (tertiary/aromatic N) is 2. The molecule has 1 aliphatic heterocycles. The van der Waals surface area contributed by atoms with Crippen molar-refractivity contribution in [3.63, 3.8) is 0 Å². The standard InChI is InChI=1S/C19H20N4O6S/c1-13-16(5-4-6-17(13)23(26)27)19(25)21-20-18(24)14-7-9-15(10-8-14)30(28,29)22-11-2-3-12-22/h4-10H,2-3,11-12H2,1H3,(H,20,24)(H,21,25). The molecule has 1 fully saturated rings. The van der Waals surface area contributed by atoms with Gasteiger partial charge in [-0.3, -0.25) is 30.6 Å². The molecule has 1 saturated heterocycles. The quantitative estimate of drug-likeness (QED) is 0.545. The lowest BCUT2D eigenvalue weighted by Crippen LogP contribution is -2.41. The van der Waals surface area contributed by atoms with Gasteiger partial charge in [0.2, 0.25) is 10.0 Å². The van der Waals surface area contributed by atoms with Crippen molar-refractivity contribution in [2.45, 2.75) is 24.7 Å². The first kappa shape index (κ1) is 21.4. The molecule has 1 aliphatic rings. The summed E-state index contributed by atoms with van der Waals surface area (Å²) in [5, 5.41) is 11.0. The van der Waals surface area contributed by atoms with Gasteiger partial charge in [-0.05, 0) is 50.1 Å².